The fraction of sp³-hybridized carbons (Fsp3) is 0.462. The monoisotopic (exact) mass is 732 g/mol. The van der Waals surface area contributed by atoms with E-state index in [4.69, 9.17) is 34.8 Å². The van der Waals surface area contributed by atoms with Crippen LogP contribution in [0, 0.1) is 35.9 Å². The number of hydrazine groups is 1. The van der Waals surface area contributed by atoms with Crippen molar-refractivity contribution in [2.45, 2.75) is 90.6 Å². The second kappa shape index (κ2) is 15.8. The number of allylic oxidation sites excluding steroid dienone is 2. The molecule has 7 N–H and O–H groups in total. The van der Waals surface area contributed by atoms with Gasteiger partial charge >= 0.3 is 0 Å². The third kappa shape index (κ3) is 7.68. The Balaban J connectivity index is 0.000000265. The maximum absolute atomic E-state index is 16.3. The molecule has 2 saturated carbocycles. The third-order valence-corrected chi connectivity index (χ3v) is 11.4. The van der Waals surface area contributed by atoms with Gasteiger partial charge in [0.05, 0.1) is 27.7 Å². The summed E-state index contributed by atoms with van der Waals surface area (Å²) < 4.78 is 16.3. The molecule has 5 aliphatic rings. The summed E-state index contributed by atoms with van der Waals surface area (Å²) >= 11 is 12.8. The number of rotatable bonds is 7. The van der Waals surface area contributed by atoms with Crippen molar-refractivity contribution < 1.29 is 9.18 Å². The van der Waals surface area contributed by atoms with Crippen LogP contribution in [0.2, 0.25) is 10.0 Å². The number of halogens is 3. The first-order valence-corrected chi connectivity index (χ1v) is 18.7. The highest BCUT2D eigenvalue weighted by atomic mass is 35.5. The van der Waals surface area contributed by atoms with E-state index in [1.165, 1.54) is 19.4 Å². The molecule has 9 nitrogen and oxygen atoms in total. The van der Waals surface area contributed by atoms with Crippen LogP contribution in [0.5, 0.6) is 0 Å². The van der Waals surface area contributed by atoms with Gasteiger partial charge in [-0.15, -0.1) is 0 Å². The SMILES string of the molecule is C1NC2CC1C2.CC/C(NN)=C(\C)N.Cc1nc2c(F)c(-c3cccc(Cl)c3Cl)c(CCC#N)cc2c2[nH]c(C3CCCN3C(=O)C3CC3)cc12. The molecule has 2 aromatic heterocycles. The lowest BCUT2D eigenvalue weighted by molar-refractivity contribution is -0.133. The normalized spacial score (nSPS) is 20.9. The Morgan fingerprint density at radius 2 is 1.96 bits per heavy atom. The predicted octanol–water partition coefficient (Wildman–Crippen LogP) is 8.09. The van der Waals surface area contributed by atoms with Gasteiger partial charge in [0.2, 0.25) is 5.91 Å². The van der Waals surface area contributed by atoms with Crippen LogP contribution in [0.4, 0.5) is 4.39 Å². The summed E-state index contributed by atoms with van der Waals surface area (Å²) in [7, 11) is 0. The number of aryl methyl sites for hydroxylation is 2. The van der Waals surface area contributed by atoms with Crippen LogP contribution in [0.25, 0.3) is 32.9 Å². The number of pyridine rings is 1. The Hall–Kier alpha value is -3.88. The number of aromatic amines is 1. The number of H-pyrrole nitrogens is 1. The quantitative estimate of drug-likeness (QED) is 0.0953. The number of fused-ring (bicyclic) bond motifs is 4. The molecule has 0 spiro atoms. The Kier molecular flexibility index (Phi) is 11.4. The van der Waals surface area contributed by atoms with Crippen molar-refractivity contribution in [3.05, 3.63) is 74.5 Å². The number of benzene rings is 2. The first-order chi connectivity index (χ1) is 24.6. The smallest absolute Gasteiger partial charge is 0.226 e. The van der Waals surface area contributed by atoms with Crippen LogP contribution in [-0.4, -0.2) is 39.9 Å². The zero-order valence-electron chi connectivity index (χ0n) is 29.5. The van der Waals surface area contributed by atoms with E-state index >= 15 is 4.39 Å². The summed E-state index contributed by atoms with van der Waals surface area (Å²) in [6.45, 7) is 7.76. The van der Waals surface area contributed by atoms with Crippen molar-refractivity contribution in [3.63, 3.8) is 0 Å². The fourth-order valence-electron chi connectivity index (χ4n) is 7.56. The van der Waals surface area contributed by atoms with E-state index in [-0.39, 0.29) is 34.8 Å². The number of carbonyl (C=O) groups excluding carboxylic acids is 1. The number of hydrogen-bond acceptors (Lipinski definition) is 7. The molecule has 5 fully saturated rings. The maximum Gasteiger partial charge on any atom is 0.226 e. The van der Waals surface area contributed by atoms with E-state index in [1.807, 2.05) is 31.7 Å². The molecule has 3 saturated heterocycles. The molecule has 0 radical (unpaired) electrons. The largest absolute Gasteiger partial charge is 0.401 e. The highest BCUT2D eigenvalue weighted by Crippen LogP contribution is 2.43. The minimum absolute atomic E-state index is 0.0117. The second-order valence-electron chi connectivity index (χ2n) is 14.2. The van der Waals surface area contributed by atoms with E-state index in [2.05, 4.69) is 32.8 Å². The van der Waals surface area contributed by atoms with E-state index in [9.17, 15) is 10.1 Å². The summed E-state index contributed by atoms with van der Waals surface area (Å²) in [5, 5.41) is 14.8. The van der Waals surface area contributed by atoms with Gasteiger partial charge in [-0.05, 0) is 101 Å². The number of aromatic nitrogens is 2. The number of amides is 1. The summed E-state index contributed by atoms with van der Waals surface area (Å²) in [6, 6.07) is 12.2. The highest BCUT2D eigenvalue weighted by molar-refractivity contribution is 6.43. The predicted molar refractivity (Wildman–Crippen MR) is 203 cm³/mol. The van der Waals surface area contributed by atoms with Crippen LogP contribution >= 0.6 is 23.2 Å². The topological polar surface area (TPSA) is 149 Å². The van der Waals surface area contributed by atoms with E-state index < -0.39 is 5.82 Å². The number of nitriles is 1. The van der Waals surface area contributed by atoms with Gasteiger partial charge < -0.3 is 26.4 Å². The Bertz CT molecular complexity index is 1990. The number of nitrogens with zero attached hydrogens (tertiary/aromatic N) is 3. The molecule has 2 aliphatic carbocycles. The first-order valence-electron chi connectivity index (χ1n) is 18.0. The van der Waals surface area contributed by atoms with Crippen molar-refractivity contribution in [2.24, 2.45) is 23.4 Å². The molecule has 1 amide bonds. The van der Waals surface area contributed by atoms with Gasteiger partial charge in [-0.25, -0.2) is 9.37 Å². The Labute approximate surface area is 308 Å². The number of hydrogen-bond donors (Lipinski definition) is 5. The van der Waals surface area contributed by atoms with Crippen molar-refractivity contribution >= 4 is 50.9 Å². The zero-order valence-corrected chi connectivity index (χ0v) is 31.0. The zero-order chi connectivity index (χ0) is 36.4. The number of nitrogens with one attached hydrogen (secondary N) is 3. The van der Waals surface area contributed by atoms with Crippen molar-refractivity contribution in [1.82, 2.24) is 25.6 Å². The number of nitrogens with two attached hydrogens (primary N) is 2. The van der Waals surface area contributed by atoms with E-state index in [0.29, 0.717) is 39.2 Å². The number of likely N-dealkylation sites (tertiary alicyclic amines) is 1. The van der Waals surface area contributed by atoms with Gasteiger partial charge in [-0.3, -0.25) is 10.6 Å². The molecular weight excluding hydrogens is 686 g/mol. The van der Waals surface area contributed by atoms with Gasteiger partial charge in [0, 0.05) is 69.6 Å². The standard InChI is InChI=1S/C29H25Cl2FN4O.C5H13N3.C5H9N/c1-15-19-14-22(23-8-4-12-36(23)29(37)16-9-10-16)35-27(19)20-13-17(5-3-11-33)24(26(32)28(20)34-15)18-6-2-7-21(30)25(18)31;1-3-5(8-7)4(2)6;1-4-2-5(1)6-3-4/h2,6-7,13-14,16,23,35H,3-5,8-10,12H2,1H3;8H,3,6-7H2,1-2H3;4-6H,1-3H2/b;5-4-;. The van der Waals surface area contributed by atoms with Crippen LogP contribution in [-0.2, 0) is 11.2 Å². The molecule has 9 rings (SSSR count). The first kappa shape index (κ1) is 36.9. The second-order valence-corrected chi connectivity index (χ2v) is 14.9. The van der Waals surface area contributed by atoms with Crippen molar-refractivity contribution in [2.75, 3.05) is 13.1 Å². The molecule has 12 heteroatoms. The summed E-state index contributed by atoms with van der Waals surface area (Å²) in [5.74, 6) is 6.10. The van der Waals surface area contributed by atoms with Crippen LogP contribution in [0.1, 0.15) is 88.2 Å². The lowest BCUT2D eigenvalue weighted by atomic mass is 9.87. The maximum atomic E-state index is 16.3. The lowest BCUT2D eigenvalue weighted by Crippen LogP contribution is -2.31. The average Bonchev–Trinajstić information content (AvgIpc) is 3.50. The lowest BCUT2D eigenvalue weighted by Gasteiger charge is -2.24. The summed E-state index contributed by atoms with van der Waals surface area (Å²) in [4.78, 5) is 23.1. The summed E-state index contributed by atoms with van der Waals surface area (Å²) in [6.07, 6.45) is 8.21. The molecule has 1 atom stereocenters. The highest BCUT2D eigenvalue weighted by Gasteiger charge is 2.39. The molecular formula is C39H47Cl2FN8O. The molecule has 2 bridgehead atoms. The molecule has 1 unspecified atom stereocenters. The van der Waals surface area contributed by atoms with Gasteiger partial charge in [-0.1, -0.05) is 42.3 Å². The molecule has 2 aromatic carbocycles. The summed E-state index contributed by atoms with van der Waals surface area (Å²) in [5.41, 5.74) is 13.7. The van der Waals surface area contributed by atoms with Crippen molar-refractivity contribution in [3.8, 4) is 17.2 Å². The molecule has 270 valence electrons. The van der Waals surface area contributed by atoms with Crippen molar-refractivity contribution in [1.29, 1.82) is 5.26 Å². The van der Waals surface area contributed by atoms with Gasteiger partial charge in [0.1, 0.15) is 5.52 Å². The minimum Gasteiger partial charge on any atom is -0.401 e. The van der Waals surface area contributed by atoms with Crippen LogP contribution < -0.4 is 22.3 Å². The molecule has 3 aliphatic heterocycles. The van der Waals surface area contributed by atoms with E-state index in [0.717, 1.165) is 78.6 Å². The molecule has 5 heterocycles. The average molecular weight is 734 g/mol. The molecule has 51 heavy (non-hydrogen) atoms. The Morgan fingerprint density at radius 3 is 2.53 bits per heavy atom. The van der Waals surface area contributed by atoms with Gasteiger partial charge in [0.15, 0.2) is 5.82 Å². The fourth-order valence-corrected chi connectivity index (χ4v) is 7.96. The van der Waals surface area contributed by atoms with Gasteiger partial charge in [-0.2, -0.15) is 5.26 Å². The van der Waals surface area contributed by atoms with Crippen LogP contribution in [0.3, 0.4) is 0 Å². The van der Waals surface area contributed by atoms with Crippen LogP contribution in [0.15, 0.2) is 41.7 Å². The Morgan fingerprint density at radius 1 is 1.20 bits per heavy atom. The van der Waals surface area contributed by atoms with Gasteiger partial charge in [0.25, 0.3) is 0 Å². The van der Waals surface area contributed by atoms with E-state index in [1.54, 1.807) is 18.2 Å². The molecule has 4 aromatic rings. The third-order valence-electron chi connectivity index (χ3n) is 10.6. The number of carbonyl (C=O) groups is 1. The minimum atomic E-state index is -0.484.